The summed E-state index contributed by atoms with van der Waals surface area (Å²) in [5.74, 6) is 1.01. The van der Waals surface area contributed by atoms with E-state index in [1.807, 2.05) is 24.4 Å². The lowest BCUT2D eigenvalue weighted by Crippen LogP contribution is -2.35. The van der Waals surface area contributed by atoms with Crippen molar-refractivity contribution in [2.24, 2.45) is 17.8 Å². The lowest BCUT2D eigenvalue weighted by Gasteiger charge is -2.31. The van der Waals surface area contributed by atoms with Crippen molar-refractivity contribution in [2.45, 2.75) is 37.9 Å². The van der Waals surface area contributed by atoms with Gasteiger partial charge in [0.1, 0.15) is 5.82 Å². The average Bonchev–Trinajstić information content (AvgIpc) is 3.31. The van der Waals surface area contributed by atoms with Crippen molar-refractivity contribution in [3.8, 4) is 11.1 Å². The standard InChI is InChI=1S/C24H26FNO2/c25-20-6-3-5-17(14-20)19-8-9-21(26-16-19)10-11-23-22-7-2-1-4-18(22)15-24(23)27-12-13-28-24/h3,5-6,8-11,14,16,18,22-23H,1-2,4,7,12-13,15H2/b11-10+/t18-,22-,23+/m1/s1. The van der Waals surface area contributed by atoms with E-state index in [4.69, 9.17) is 9.47 Å². The number of nitrogens with zero attached hydrogens (tertiary/aromatic N) is 1. The summed E-state index contributed by atoms with van der Waals surface area (Å²) in [4.78, 5) is 4.57. The van der Waals surface area contributed by atoms with Crippen LogP contribution in [0.3, 0.4) is 0 Å². The Labute approximate surface area is 165 Å². The summed E-state index contributed by atoms with van der Waals surface area (Å²) in [5, 5.41) is 0. The van der Waals surface area contributed by atoms with E-state index in [1.165, 1.54) is 37.8 Å². The summed E-state index contributed by atoms with van der Waals surface area (Å²) in [6, 6.07) is 10.6. The first-order valence-corrected chi connectivity index (χ1v) is 10.4. The topological polar surface area (TPSA) is 31.4 Å². The molecule has 2 aromatic rings. The summed E-state index contributed by atoms with van der Waals surface area (Å²) in [7, 11) is 0. The molecule has 0 N–H and O–H groups in total. The minimum atomic E-state index is -0.419. The van der Waals surface area contributed by atoms with Crippen LogP contribution in [0.25, 0.3) is 17.2 Å². The van der Waals surface area contributed by atoms with E-state index >= 15 is 0 Å². The van der Waals surface area contributed by atoms with Crippen LogP contribution in [0.4, 0.5) is 4.39 Å². The van der Waals surface area contributed by atoms with Crippen molar-refractivity contribution < 1.29 is 13.9 Å². The first-order valence-electron chi connectivity index (χ1n) is 10.4. The highest BCUT2D eigenvalue weighted by atomic mass is 19.1. The molecular weight excluding hydrogens is 353 g/mol. The summed E-state index contributed by atoms with van der Waals surface area (Å²) in [6.07, 6.45) is 12.4. The Morgan fingerprint density at radius 3 is 2.68 bits per heavy atom. The van der Waals surface area contributed by atoms with Crippen LogP contribution < -0.4 is 0 Å². The van der Waals surface area contributed by atoms with E-state index in [1.54, 1.807) is 6.07 Å². The molecule has 3 nitrogen and oxygen atoms in total. The second kappa shape index (κ2) is 7.41. The Bertz CT molecular complexity index is 857. The summed E-state index contributed by atoms with van der Waals surface area (Å²) >= 11 is 0. The lowest BCUT2D eigenvalue weighted by atomic mass is 9.77. The van der Waals surface area contributed by atoms with Crippen molar-refractivity contribution >= 4 is 6.08 Å². The molecule has 3 fully saturated rings. The minimum absolute atomic E-state index is 0.230. The molecule has 2 aliphatic carbocycles. The first-order chi connectivity index (χ1) is 13.7. The van der Waals surface area contributed by atoms with E-state index in [2.05, 4.69) is 17.1 Å². The van der Waals surface area contributed by atoms with Gasteiger partial charge < -0.3 is 9.47 Å². The third-order valence-electron chi connectivity index (χ3n) is 6.68. The van der Waals surface area contributed by atoms with Crippen molar-refractivity contribution in [3.63, 3.8) is 0 Å². The van der Waals surface area contributed by atoms with Gasteiger partial charge in [-0.25, -0.2) is 4.39 Å². The molecule has 0 radical (unpaired) electrons. The van der Waals surface area contributed by atoms with Gasteiger partial charge in [-0.2, -0.15) is 0 Å². The fraction of sp³-hybridized carbons (Fsp3) is 0.458. The Morgan fingerprint density at radius 2 is 1.89 bits per heavy atom. The van der Waals surface area contributed by atoms with E-state index in [-0.39, 0.29) is 5.82 Å². The maximum Gasteiger partial charge on any atom is 0.175 e. The van der Waals surface area contributed by atoms with Gasteiger partial charge in [-0.3, -0.25) is 4.98 Å². The van der Waals surface area contributed by atoms with Gasteiger partial charge in [-0.05, 0) is 54.5 Å². The molecule has 28 heavy (non-hydrogen) atoms. The molecular formula is C24H26FNO2. The Balaban J connectivity index is 1.37. The van der Waals surface area contributed by atoms with Gasteiger partial charge in [-0.15, -0.1) is 0 Å². The van der Waals surface area contributed by atoms with Crippen LogP contribution in [0.2, 0.25) is 0 Å². The number of rotatable bonds is 3. The number of benzene rings is 1. The molecule has 5 rings (SSSR count). The van der Waals surface area contributed by atoms with Gasteiger partial charge in [0.05, 0.1) is 18.9 Å². The molecule has 1 saturated heterocycles. The normalized spacial score (nSPS) is 28.8. The molecule has 0 amide bonds. The molecule has 1 aromatic heterocycles. The van der Waals surface area contributed by atoms with Crippen LogP contribution in [0, 0.1) is 23.6 Å². The molecule has 1 aliphatic heterocycles. The molecule has 2 heterocycles. The van der Waals surface area contributed by atoms with Crippen LogP contribution in [-0.2, 0) is 9.47 Å². The summed E-state index contributed by atoms with van der Waals surface area (Å²) in [5.41, 5.74) is 2.67. The zero-order chi connectivity index (χ0) is 19.0. The van der Waals surface area contributed by atoms with Crippen LogP contribution in [0.15, 0.2) is 48.7 Å². The van der Waals surface area contributed by atoms with Crippen LogP contribution >= 0.6 is 0 Å². The quantitative estimate of drug-likeness (QED) is 0.709. The van der Waals surface area contributed by atoms with Gasteiger partial charge in [-0.1, -0.05) is 37.1 Å². The second-order valence-electron chi connectivity index (χ2n) is 8.29. The van der Waals surface area contributed by atoms with Crippen molar-refractivity contribution in [3.05, 3.63) is 60.2 Å². The van der Waals surface area contributed by atoms with E-state index in [0.29, 0.717) is 31.0 Å². The number of pyridine rings is 1. The molecule has 146 valence electrons. The predicted octanol–water partition coefficient (Wildman–Crippen LogP) is 5.47. The monoisotopic (exact) mass is 379 g/mol. The summed E-state index contributed by atoms with van der Waals surface area (Å²) in [6.45, 7) is 1.40. The zero-order valence-corrected chi connectivity index (χ0v) is 16.0. The minimum Gasteiger partial charge on any atom is -0.347 e. The average molecular weight is 379 g/mol. The Kier molecular flexibility index (Phi) is 4.77. The molecule has 1 aromatic carbocycles. The number of ether oxygens (including phenoxy) is 2. The molecule has 3 atom stereocenters. The number of halogens is 1. The van der Waals surface area contributed by atoms with E-state index in [9.17, 15) is 4.39 Å². The van der Waals surface area contributed by atoms with Gasteiger partial charge in [0.2, 0.25) is 0 Å². The maximum atomic E-state index is 13.5. The van der Waals surface area contributed by atoms with Crippen LogP contribution in [0.5, 0.6) is 0 Å². The van der Waals surface area contributed by atoms with Crippen molar-refractivity contribution in [1.82, 2.24) is 4.98 Å². The van der Waals surface area contributed by atoms with Gasteiger partial charge in [0.25, 0.3) is 0 Å². The molecule has 1 spiro atoms. The van der Waals surface area contributed by atoms with Crippen molar-refractivity contribution in [2.75, 3.05) is 13.2 Å². The fourth-order valence-electron chi connectivity index (χ4n) is 5.41. The maximum absolute atomic E-state index is 13.5. The smallest absolute Gasteiger partial charge is 0.175 e. The highest BCUT2D eigenvalue weighted by Crippen LogP contribution is 2.54. The van der Waals surface area contributed by atoms with Crippen LogP contribution in [0.1, 0.15) is 37.8 Å². The summed E-state index contributed by atoms with van der Waals surface area (Å²) < 4.78 is 25.8. The number of aromatic nitrogens is 1. The Hall–Kier alpha value is -2.04. The molecule has 4 heteroatoms. The third kappa shape index (κ3) is 3.29. The Morgan fingerprint density at radius 1 is 1.04 bits per heavy atom. The van der Waals surface area contributed by atoms with Gasteiger partial charge in [0.15, 0.2) is 5.79 Å². The van der Waals surface area contributed by atoms with E-state index in [0.717, 1.165) is 23.2 Å². The number of hydrogen-bond acceptors (Lipinski definition) is 3. The van der Waals surface area contributed by atoms with Crippen LogP contribution in [-0.4, -0.2) is 24.0 Å². The second-order valence-corrected chi connectivity index (χ2v) is 8.29. The predicted molar refractivity (Wildman–Crippen MR) is 107 cm³/mol. The number of fused-ring (bicyclic) bond motifs is 1. The molecule has 0 bridgehead atoms. The third-order valence-corrected chi connectivity index (χ3v) is 6.68. The largest absolute Gasteiger partial charge is 0.347 e. The van der Waals surface area contributed by atoms with E-state index < -0.39 is 5.79 Å². The van der Waals surface area contributed by atoms with Gasteiger partial charge in [0, 0.05) is 24.1 Å². The fourth-order valence-corrected chi connectivity index (χ4v) is 5.41. The highest BCUT2D eigenvalue weighted by molar-refractivity contribution is 5.63. The SMILES string of the molecule is Fc1cccc(-c2ccc(/C=C/[C@H]3[C@@H]4CCCC[C@@H]4CC34OCCO4)nc2)c1. The number of hydrogen-bond donors (Lipinski definition) is 0. The molecule has 0 unspecified atom stereocenters. The highest BCUT2D eigenvalue weighted by Gasteiger charge is 2.56. The first kappa shape index (κ1) is 18.0. The molecule has 3 aliphatic rings. The zero-order valence-electron chi connectivity index (χ0n) is 16.0. The van der Waals surface area contributed by atoms with Crippen molar-refractivity contribution in [1.29, 1.82) is 0 Å². The van der Waals surface area contributed by atoms with Gasteiger partial charge >= 0.3 is 0 Å². The molecule has 2 saturated carbocycles. The lowest BCUT2D eigenvalue weighted by molar-refractivity contribution is -0.175.